The molecule has 1 unspecified atom stereocenters. The van der Waals surface area contributed by atoms with Crippen molar-refractivity contribution in [2.45, 2.75) is 39.0 Å². The molecule has 1 atom stereocenters. The van der Waals surface area contributed by atoms with Crippen LogP contribution in [0.3, 0.4) is 0 Å². The number of rotatable bonds is 5. The second kappa shape index (κ2) is 10.2. The van der Waals surface area contributed by atoms with Crippen molar-refractivity contribution in [3.63, 3.8) is 0 Å². The van der Waals surface area contributed by atoms with E-state index in [0.717, 1.165) is 12.5 Å². The Morgan fingerprint density at radius 2 is 1.86 bits per heavy atom. The van der Waals surface area contributed by atoms with E-state index in [1.807, 2.05) is 32.9 Å². The number of guanidine groups is 1. The maximum Gasteiger partial charge on any atom is 0.191 e. The van der Waals surface area contributed by atoms with Crippen molar-refractivity contribution in [2.24, 2.45) is 4.99 Å². The van der Waals surface area contributed by atoms with Gasteiger partial charge < -0.3 is 10.6 Å². The molecule has 0 saturated carbocycles. The summed E-state index contributed by atoms with van der Waals surface area (Å²) in [5.41, 5.74) is 2.51. The van der Waals surface area contributed by atoms with Crippen LogP contribution in [0.15, 0.2) is 29.3 Å². The van der Waals surface area contributed by atoms with E-state index in [2.05, 4.69) is 34.7 Å². The van der Waals surface area contributed by atoms with Gasteiger partial charge in [0.15, 0.2) is 5.96 Å². The Morgan fingerprint density at radius 1 is 1.23 bits per heavy atom. The molecule has 0 spiro atoms. The third-order valence-electron chi connectivity index (χ3n) is 3.19. The molecule has 0 heterocycles. The highest BCUT2D eigenvalue weighted by atomic mass is 127. The molecule has 1 rings (SSSR count). The van der Waals surface area contributed by atoms with E-state index in [4.69, 9.17) is 0 Å². The van der Waals surface area contributed by atoms with Crippen LogP contribution in [0.4, 0.5) is 0 Å². The van der Waals surface area contributed by atoms with Crippen LogP contribution in [-0.2, 0) is 17.3 Å². The number of benzene rings is 1. The van der Waals surface area contributed by atoms with Gasteiger partial charge in [0.05, 0.1) is 0 Å². The lowest BCUT2D eigenvalue weighted by molar-refractivity contribution is 0.647. The largest absolute Gasteiger partial charge is 0.355 e. The molecule has 0 bridgehead atoms. The van der Waals surface area contributed by atoms with Crippen LogP contribution in [0.25, 0.3) is 0 Å². The van der Waals surface area contributed by atoms with Gasteiger partial charge in [-0.3, -0.25) is 9.20 Å². The third-order valence-corrected chi connectivity index (χ3v) is 5.14. The number of halogens is 1. The van der Waals surface area contributed by atoms with Gasteiger partial charge in [0.25, 0.3) is 0 Å². The summed E-state index contributed by atoms with van der Waals surface area (Å²) in [6.45, 7) is 9.46. The number of nitrogens with zero attached hydrogens (tertiary/aromatic N) is 1. The Labute approximate surface area is 154 Å². The van der Waals surface area contributed by atoms with Gasteiger partial charge in [0.2, 0.25) is 0 Å². The summed E-state index contributed by atoms with van der Waals surface area (Å²) in [4.78, 5) is 4.19. The van der Waals surface area contributed by atoms with E-state index < -0.39 is 10.8 Å². The molecule has 0 aliphatic heterocycles. The Hall–Kier alpha value is -0.630. The van der Waals surface area contributed by atoms with Crippen LogP contribution in [-0.4, -0.2) is 34.3 Å². The Kier molecular flexibility index (Phi) is 9.91. The summed E-state index contributed by atoms with van der Waals surface area (Å²) in [6.07, 6.45) is 0. The first-order chi connectivity index (χ1) is 9.84. The van der Waals surface area contributed by atoms with Crippen LogP contribution in [0.1, 0.15) is 31.9 Å². The molecule has 0 fully saturated rings. The maximum absolute atomic E-state index is 12.0. The van der Waals surface area contributed by atoms with E-state index in [0.29, 0.717) is 12.3 Å². The molecule has 4 nitrogen and oxygen atoms in total. The monoisotopic (exact) mass is 437 g/mol. The minimum atomic E-state index is -0.845. The fourth-order valence-corrected chi connectivity index (χ4v) is 2.68. The molecule has 0 amide bonds. The van der Waals surface area contributed by atoms with Crippen molar-refractivity contribution < 1.29 is 4.21 Å². The van der Waals surface area contributed by atoms with Crippen molar-refractivity contribution >= 4 is 40.7 Å². The van der Waals surface area contributed by atoms with E-state index >= 15 is 0 Å². The highest BCUT2D eigenvalue weighted by molar-refractivity contribution is 14.0. The first-order valence-electron chi connectivity index (χ1n) is 7.22. The zero-order valence-corrected chi connectivity index (χ0v) is 17.2. The molecule has 1 aromatic carbocycles. The zero-order chi connectivity index (χ0) is 15.9. The van der Waals surface area contributed by atoms with E-state index in [1.165, 1.54) is 11.1 Å². The fraction of sp³-hybridized carbons (Fsp3) is 0.562. The van der Waals surface area contributed by atoms with Crippen LogP contribution in [0, 0.1) is 6.92 Å². The minimum absolute atomic E-state index is 0. The summed E-state index contributed by atoms with van der Waals surface area (Å²) >= 11 is 0. The van der Waals surface area contributed by atoms with Crippen molar-refractivity contribution in [3.8, 4) is 0 Å². The number of hydrogen-bond acceptors (Lipinski definition) is 2. The Bertz CT molecular complexity index is 512. The quantitative estimate of drug-likeness (QED) is 0.423. The number of hydrogen-bond donors (Lipinski definition) is 2. The fourth-order valence-electron chi connectivity index (χ4n) is 1.78. The van der Waals surface area contributed by atoms with E-state index in [-0.39, 0.29) is 28.7 Å². The van der Waals surface area contributed by atoms with Gasteiger partial charge in [0, 0.05) is 41.4 Å². The Morgan fingerprint density at radius 3 is 2.41 bits per heavy atom. The van der Waals surface area contributed by atoms with Gasteiger partial charge >= 0.3 is 0 Å². The molecule has 0 aliphatic rings. The first kappa shape index (κ1) is 21.4. The zero-order valence-electron chi connectivity index (χ0n) is 14.1. The van der Waals surface area contributed by atoms with Gasteiger partial charge in [-0.15, -0.1) is 24.0 Å². The number of nitrogens with one attached hydrogen (secondary N) is 2. The maximum atomic E-state index is 12.0. The minimum Gasteiger partial charge on any atom is -0.355 e. The lowest BCUT2D eigenvalue weighted by atomic mass is 10.1. The smallest absolute Gasteiger partial charge is 0.191 e. The van der Waals surface area contributed by atoms with Crippen molar-refractivity contribution in [1.29, 1.82) is 0 Å². The van der Waals surface area contributed by atoms with Crippen LogP contribution in [0.2, 0.25) is 0 Å². The molecule has 22 heavy (non-hydrogen) atoms. The third kappa shape index (κ3) is 7.58. The highest BCUT2D eigenvalue weighted by Gasteiger charge is 2.18. The van der Waals surface area contributed by atoms with Gasteiger partial charge in [-0.25, -0.2) is 0 Å². The van der Waals surface area contributed by atoms with E-state index in [9.17, 15) is 4.21 Å². The van der Waals surface area contributed by atoms with Gasteiger partial charge in [-0.05, 0) is 38.8 Å². The Balaban J connectivity index is 0.00000441. The van der Waals surface area contributed by atoms with Gasteiger partial charge in [-0.1, -0.05) is 24.3 Å². The average Bonchev–Trinajstić information content (AvgIpc) is 2.42. The predicted molar refractivity (Wildman–Crippen MR) is 108 cm³/mol. The van der Waals surface area contributed by atoms with Crippen molar-refractivity contribution in [1.82, 2.24) is 10.6 Å². The summed E-state index contributed by atoms with van der Waals surface area (Å²) in [5.74, 6) is 1.36. The second-order valence-electron chi connectivity index (χ2n) is 5.94. The normalized spacial score (nSPS) is 13.2. The summed E-state index contributed by atoms with van der Waals surface area (Å²) in [5, 5.41) is 6.49. The lowest BCUT2D eigenvalue weighted by Gasteiger charge is -2.18. The average molecular weight is 437 g/mol. The molecule has 6 heteroatoms. The van der Waals surface area contributed by atoms with Crippen LogP contribution in [0.5, 0.6) is 0 Å². The van der Waals surface area contributed by atoms with Gasteiger partial charge in [0.1, 0.15) is 0 Å². The molecule has 126 valence electrons. The number of aliphatic imine (C=N–C) groups is 1. The van der Waals surface area contributed by atoms with Crippen molar-refractivity contribution in [2.75, 3.05) is 19.3 Å². The van der Waals surface area contributed by atoms with Crippen molar-refractivity contribution in [3.05, 3.63) is 35.4 Å². The summed E-state index contributed by atoms with van der Waals surface area (Å²) in [7, 11) is 0.899. The molecule has 0 saturated heterocycles. The highest BCUT2D eigenvalue weighted by Crippen LogP contribution is 2.10. The molecule has 0 aromatic heterocycles. The molecule has 2 N–H and O–H groups in total. The summed E-state index contributed by atoms with van der Waals surface area (Å²) in [6, 6.07) is 8.27. The second-order valence-corrected chi connectivity index (χ2v) is 8.27. The topological polar surface area (TPSA) is 53.5 Å². The molecule has 0 radical (unpaired) electrons. The molecule has 0 aliphatic carbocycles. The SMILES string of the molecule is CN=C(NCCS(=O)C(C)(C)C)NCc1ccccc1C.I. The number of aryl methyl sites for hydroxylation is 1. The van der Waals surface area contributed by atoms with Gasteiger partial charge in [-0.2, -0.15) is 0 Å². The van der Waals surface area contributed by atoms with E-state index in [1.54, 1.807) is 7.05 Å². The molecular weight excluding hydrogens is 409 g/mol. The summed E-state index contributed by atoms with van der Waals surface area (Å²) < 4.78 is 11.8. The predicted octanol–water partition coefficient (Wildman–Crippen LogP) is 2.83. The standard InChI is InChI=1S/C16H27N3OS.HI/c1-13-8-6-7-9-14(13)12-19-15(17-5)18-10-11-21(20)16(2,3)4;/h6-9H,10-12H2,1-5H3,(H2,17,18,19);1H. The van der Waals surface area contributed by atoms with Crippen LogP contribution < -0.4 is 10.6 Å². The molecular formula is C16H28IN3OS. The van der Waals surface area contributed by atoms with Crippen LogP contribution >= 0.6 is 24.0 Å². The lowest BCUT2D eigenvalue weighted by Crippen LogP contribution is -2.40. The molecule has 1 aromatic rings. The first-order valence-corrected chi connectivity index (χ1v) is 8.54.